The van der Waals surface area contributed by atoms with Crippen molar-refractivity contribution < 1.29 is 4.79 Å². The third-order valence-corrected chi connectivity index (χ3v) is 2.64. The second kappa shape index (κ2) is 6.82. The first-order valence-corrected chi connectivity index (χ1v) is 5.43. The monoisotopic (exact) mass is 200 g/mol. The Bertz CT molecular complexity index is 169. The van der Waals surface area contributed by atoms with E-state index in [-0.39, 0.29) is 5.91 Å². The first kappa shape index (κ1) is 13.4. The summed E-state index contributed by atoms with van der Waals surface area (Å²) < 4.78 is 0. The second-order valence-corrected chi connectivity index (χ2v) is 4.10. The molecule has 3 heteroatoms. The van der Waals surface area contributed by atoms with Crippen molar-refractivity contribution in [1.82, 2.24) is 9.80 Å². The van der Waals surface area contributed by atoms with Gasteiger partial charge >= 0.3 is 0 Å². The summed E-state index contributed by atoms with van der Waals surface area (Å²) in [7, 11) is 3.95. The Morgan fingerprint density at radius 2 is 1.86 bits per heavy atom. The SMILES string of the molecule is CCN(C)CCCC(=O)N(C)C(C)C. The van der Waals surface area contributed by atoms with Gasteiger partial charge in [-0.25, -0.2) is 0 Å². The molecule has 0 aromatic carbocycles. The van der Waals surface area contributed by atoms with Crippen molar-refractivity contribution in [3.05, 3.63) is 0 Å². The van der Waals surface area contributed by atoms with Crippen LogP contribution in [0.15, 0.2) is 0 Å². The van der Waals surface area contributed by atoms with Crippen molar-refractivity contribution in [3.63, 3.8) is 0 Å². The second-order valence-electron chi connectivity index (χ2n) is 4.10. The first-order valence-electron chi connectivity index (χ1n) is 5.43. The van der Waals surface area contributed by atoms with Gasteiger partial charge in [-0.2, -0.15) is 0 Å². The van der Waals surface area contributed by atoms with Gasteiger partial charge in [0.05, 0.1) is 0 Å². The van der Waals surface area contributed by atoms with Crippen LogP contribution in [0.4, 0.5) is 0 Å². The predicted octanol–water partition coefficient (Wildman–Crippen LogP) is 1.59. The van der Waals surface area contributed by atoms with E-state index in [9.17, 15) is 4.79 Å². The van der Waals surface area contributed by atoms with Crippen molar-refractivity contribution in [2.45, 2.75) is 39.7 Å². The molecule has 0 aromatic rings. The van der Waals surface area contributed by atoms with Crippen molar-refractivity contribution >= 4 is 5.91 Å². The molecular formula is C11H24N2O. The molecule has 0 saturated carbocycles. The Kier molecular flexibility index (Phi) is 6.54. The maximum absolute atomic E-state index is 11.6. The van der Waals surface area contributed by atoms with Crippen LogP contribution in [0.3, 0.4) is 0 Å². The highest BCUT2D eigenvalue weighted by molar-refractivity contribution is 5.76. The summed E-state index contributed by atoms with van der Waals surface area (Å²) in [5.41, 5.74) is 0. The topological polar surface area (TPSA) is 23.6 Å². The molecule has 0 atom stereocenters. The molecule has 0 N–H and O–H groups in total. The van der Waals surface area contributed by atoms with Gasteiger partial charge in [0.1, 0.15) is 0 Å². The summed E-state index contributed by atoms with van der Waals surface area (Å²) in [6.07, 6.45) is 1.62. The van der Waals surface area contributed by atoms with Crippen molar-refractivity contribution in [1.29, 1.82) is 0 Å². The van der Waals surface area contributed by atoms with E-state index >= 15 is 0 Å². The fourth-order valence-electron chi connectivity index (χ4n) is 1.12. The third-order valence-electron chi connectivity index (χ3n) is 2.64. The number of amides is 1. The molecule has 0 aliphatic heterocycles. The minimum atomic E-state index is 0.254. The summed E-state index contributed by atoms with van der Waals surface area (Å²) >= 11 is 0. The fraction of sp³-hybridized carbons (Fsp3) is 0.909. The van der Waals surface area contributed by atoms with Crippen LogP contribution in [0.25, 0.3) is 0 Å². The molecule has 84 valence electrons. The number of carbonyl (C=O) groups is 1. The molecule has 0 bridgehead atoms. The number of hydrogen-bond donors (Lipinski definition) is 0. The predicted molar refractivity (Wildman–Crippen MR) is 60.3 cm³/mol. The first-order chi connectivity index (χ1) is 6.49. The van der Waals surface area contributed by atoms with Crippen LogP contribution in [-0.4, -0.2) is 48.9 Å². The lowest BCUT2D eigenvalue weighted by molar-refractivity contribution is -0.131. The van der Waals surface area contributed by atoms with Gasteiger partial charge in [0.15, 0.2) is 0 Å². The van der Waals surface area contributed by atoms with Crippen LogP contribution in [-0.2, 0) is 4.79 Å². The Balaban J connectivity index is 3.64. The van der Waals surface area contributed by atoms with E-state index in [0.29, 0.717) is 12.5 Å². The van der Waals surface area contributed by atoms with Crippen LogP contribution >= 0.6 is 0 Å². The highest BCUT2D eigenvalue weighted by Gasteiger charge is 2.10. The van der Waals surface area contributed by atoms with Gasteiger partial charge in [-0.15, -0.1) is 0 Å². The van der Waals surface area contributed by atoms with E-state index in [1.54, 1.807) is 0 Å². The molecule has 0 radical (unpaired) electrons. The molecule has 14 heavy (non-hydrogen) atoms. The maximum Gasteiger partial charge on any atom is 0.222 e. The van der Waals surface area contributed by atoms with Crippen LogP contribution < -0.4 is 0 Å². The fourth-order valence-corrected chi connectivity index (χ4v) is 1.12. The van der Waals surface area contributed by atoms with E-state index in [2.05, 4.69) is 18.9 Å². The molecular weight excluding hydrogens is 176 g/mol. The lowest BCUT2D eigenvalue weighted by Gasteiger charge is -2.22. The highest BCUT2D eigenvalue weighted by Crippen LogP contribution is 2.01. The number of hydrogen-bond acceptors (Lipinski definition) is 2. The van der Waals surface area contributed by atoms with Gasteiger partial charge in [-0.1, -0.05) is 6.92 Å². The Hall–Kier alpha value is -0.570. The summed E-state index contributed by atoms with van der Waals surface area (Å²) in [5, 5.41) is 0. The third kappa shape index (κ3) is 5.22. The smallest absolute Gasteiger partial charge is 0.222 e. The average Bonchev–Trinajstić information content (AvgIpc) is 2.15. The molecule has 0 unspecified atom stereocenters. The Morgan fingerprint density at radius 3 is 2.29 bits per heavy atom. The minimum absolute atomic E-state index is 0.254. The van der Waals surface area contributed by atoms with Gasteiger partial charge in [0, 0.05) is 19.5 Å². The van der Waals surface area contributed by atoms with Crippen LogP contribution in [0.2, 0.25) is 0 Å². The van der Waals surface area contributed by atoms with E-state index in [0.717, 1.165) is 19.5 Å². The molecule has 3 nitrogen and oxygen atoms in total. The Labute approximate surface area is 88.1 Å². The molecule has 0 saturated heterocycles. The summed E-state index contributed by atoms with van der Waals surface area (Å²) in [6, 6.07) is 0.311. The standard InChI is InChI=1S/C11H24N2O/c1-6-12(4)9-7-8-11(14)13(5)10(2)3/h10H,6-9H2,1-5H3. The molecule has 1 amide bonds. The maximum atomic E-state index is 11.6. The zero-order chi connectivity index (χ0) is 11.1. The lowest BCUT2D eigenvalue weighted by atomic mass is 10.2. The van der Waals surface area contributed by atoms with E-state index in [1.165, 1.54) is 0 Å². The lowest BCUT2D eigenvalue weighted by Crippen LogP contribution is -2.33. The zero-order valence-corrected chi connectivity index (χ0v) is 10.2. The molecule has 0 heterocycles. The van der Waals surface area contributed by atoms with Gasteiger partial charge in [-0.3, -0.25) is 4.79 Å². The minimum Gasteiger partial charge on any atom is -0.343 e. The van der Waals surface area contributed by atoms with E-state index in [4.69, 9.17) is 0 Å². The molecule has 0 rings (SSSR count). The van der Waals surface area contributed by atoms with Gasteiger partial charge < -0.3 is 9.80 Å². The highest BCUT2D eigenvalue weighted by atomic mass is 16.2. The van der Waals surface area contributed by atoms with Crippen molar-refractivity contribution in [2.75, 3.05) is 27.2 Å². The average molecular weight is 200 g/mol. The van der Waals surface area contributed by atoms with E-state index in [1.807, 2.05) is 25.8 Å². The van der Waals surface area contributed by atoms with Crippen LogP contribution in [0, 0.1) is 0 Å². The summed E-state index contributed by atoms with van der Waals surface area (Å²) in [4.78, 5) is 15.6. The van der Waals surface area contributed by atoms with Gasteiger partial charge in [0.2, 0.25) is 5.91 Å². The number of rotatable bonds is 6. The van der Waals surface area contributed by atoms with E-state index < -0.39 is 0 Å². The number of nitrogens with zero attached hydrogens (tertiary/aromatic N) is 2. The summed E-state index contributed by atoms with van der Waals surface area (Å²) in [6.45, 7) is 8.26. The van der Waals surface area contributed by atoms with Gasteiger partial charge in [-0.05, 0) is 40.4 Å². The molecule has 0 aliphatic carbocycles. The van der Waals surface area contributed by atoms with Crippen LogP contribution in [0.5, 0.6) is 0 Å². The van der Waals surface area contributed by atoms with Crippen molar-refractivity contribution in [3.8, 4) is 0 Å². The Morgan fingerprint density at radius 1 is 1.29 bits per heavy atom. The number of carbonyl (C=O) groups excluding carboxylic acids is 1. The zero-order valence-electron chi connectivity index (χ0n) is 10.2. The summed E-state index contributed by atoms with van der Waals surface area (Å²) in [5.74, 6) is 0.254. The normalized spacial score (nSPS) is 11.1. The molecule has 0 aliphatic rings. The largest absolute Gasteiger partial charge is 0.343 e. The molecule has 0 fully saturated rings. The molecule has 0 aromatic heterocycles. The quantitative estimate of drug-likeness (QED) is 0.650. The van der Waals surface area contributed by atoms with Crippen molar-refractivity contribution in [2.24, 2.45) is 0 Å². The van der Waals surface area contributed by atoms with Gasteiger partial charge in [0.25, 0.3) is 0 Å². The molecule has 0 spiro atoms. The van der Waals surface area contributed by atoms with Crippen LogP contribution in [0.1, 0.15) is 33.6 Å².